The van der Waals surface area contributed by atoms with Gasteiger partial charge in [0, 0.05) is 4.90 Å². The Morgan fingerprint density at radius 1 is 1.33 bits per heavy atom. The molecule has 0 aromatic heterocycles. The maximum atomic E-state index is 7.70. The highest BCUT2D eigenvalue weighted by molar-refractivity contribution is 7.99. The minimum absolute atomic E-state index is 0.0806. The van der Waals surface area contributed by atoms with Gasteiger partial charge in [0.05, 0.1) is 12.2 Å². The van der Waals surface area contributed by atoms with Crippen LogP contribution in [0, 0.1) is 5.41 Å². The second kappa shape index (κ2) is 8.03. The fourth-order valence-electron chi connectivity index (χ4n) is 1.71. The number of nitrogen functional groups attached to an aromatic ring is 1. The second-order valence-corrected chi connectivity index (χ2v) is 5.34. The Morgan fingerprint density at radius 2 is 2.11 bits per heavy atom. The molecule has 0 saturated heterocycles. The first kappa shape index (κ1) is 14.9. The summed E-state index contributed by atoms with van der Waals surface area (Å²) < 4.78 is 5.75. The molecular formula is C14H22N2OS. The predicted molar refractivity (Wildman–Crippen MR) is 78.9 cm³/mol. The Hall–Kier alpha value is -1.16. The Labute approximate surface area is 114 Å². The summed E-state index contributed by atoms with van der Waals surface area (Å²) in [5.41, 5.74) is 6.40. The maximum absolute atomic E-state index is 7.70. The van der Waals surface area contributed by atoms with Crippen LogP contribution in [0.1, 0.15) is 38.7 Å². The van der Waals surface area contributed by atoms with Gasteiger partial charge in [-0.2, -0.15) is 0 Å². The van der Waals surface area contributed by atoms with Gasteiger partial charge in [-0.1, -0.05) is 32.8 Å². The van der Waals surface area contributed by atoms with Crippen molar-refractivity contribution in [1.82, 2.24) is 0 Å². The van der Waals surface area contributed by atoms with Gasteiger partial charge in [-0.3, -0.25) is 5.41 Å². The van der Waals surface area contributed by atoms with Gasteiger partial charge in [0.15, 0.2) is 0 Å². The van der Waals surface area contributed by atoms with Gasteiger partial charge in [0.1, 0.15) is 11.6 Å². The zero-order valence-electron chi connectivity index (χ0n) is 11.2. The standard InChI is InChI=1S/C14H22N2OS/c1-3-5-6-10-17-11-8-7-9-12(18-4-2)13(11)14(15)16/h7-9H,3-6,10H2,1-2H3,(H3,15,16). The SMILES string of the molecule is CCCCCOc1cccc(SCC)c1C(=N)N. The molecule has 0 bridgehead atoms. The molecule has 1 aromatic carbocycles. The summed E-state index contributed by atoms with van der Waals surface area (Å²) in [6, 6.07) is 5.84. The average Bonchev–Trinajstić information content (AvgIpc) is 2.35. The molecule has 100 valence electrons. The van der Waals surface area contributed by atoms with Crippen LogP contribution in [-0.4, -0.2) is 18.2 Å². The van der Waals surface area contributed by atoms with Crippen LogP contribution in [0.4, 0.5) is 0 Å². The van der Waals surface area contributed by atoms with Gasteiger partial charge in [0.25, 0.3) is 0 Å². The maximum Gasteiger partial charge on any atom is 0.131 e. The minimum atomic E-state index is 0.0806. The number of hydrogen-bond acceptors (Lipinski definition) is 3. The lowest BCUT2D eigenvalue weighted by Crippen LogP contribution is -2.15. The van der Waals surface area contributed by atoms with Crippen molar-refractivity contribution in [3.05, 3.63) is 23.8 Å². The van der Waals surface area contributed by atoms with E-state index in [9.17, 15) is 0 Å². The monoisotopic (exact) mass is 266 g/mol. The van der Waals surface area contributed by atoms with Gasteiger partial charge in [-0.25, -0.2) is 0 Å². The van der Waals surface area contributed by atoms with Crippen molar-refractivity contribution in [1.29, 1.82) is 5.41 Å². The van der Waals surface area contributed by atoms with Gasteiger partial charge in [-0.15, -0.1) is 11.8 Å². The first-order chi connectivity index (χ1) is 8.70. The fourth-order valence-corrected chi connectivity index (χ4v) is 2.55. The quantitative estimate of drug-likeness (QED) is 0.327. The van der Waals surface area contributed by atoms with Crippen LogP contribution in [0.5, 0.6) is 5.75 Å². The predicted octanol–water partition coefficient (Wildman–Crippen LogP) is 3.65. The number of nitrogens with two attached hydrogens (primary N) is 1. The van der Waals surface area contributed by atoms with E-state index in [0.29, 0.717) is 6.61 Å². The third-order valence-electron chi connectivity index (χ3n) is 2.56. The molecule has 18 heavy (non-hydrogen) atoms. The molecule has 1 rings (SSSR count). The molecule has 0 saturated carbocycles. The Morgan fingerprint density at radius 3 is 2.72 bits per heavy atom. The van der Waals surface area contributed by atoms with E-state index in [2.05, 4.69) is 13.8 Å². The highest BCUT2D eigenvalue weighted by Crippen LogP contribution is 2.29. The molecule has 0 spiro atoms. The van der Waals surface area contributed by atoms with E-state index in [-0.39, 0.29) is 5.84 Å². The number of unbranched alkanes of at least 4 members (excludes halogenated alkanes) is 2. The Balaban J connectivity index is 2.82. The number of thioether (sulfide) groups is 1. The lowest BCUT2D eigenvalue weighted by molar-refractivity contribution is 0.305. The smallest absolute Gasteiger partial charge is 0.131 e. The van der Waals surface area contributed by atoms with Crippen molar-refractivity contribution in [3.8, 4) is 5.75 Å². The Bertz CT molecular complexity index is 393. The lowest BCUT2D eigenvalue weighted by Gasteiger charge is -2.13. The van der Waals surface area contributed by atoms with Gasteiger partial charge in [-0.05, 0) is 24.3 Å². The van der Waals surface area contributed by atoms with Crippen molar-refractivity contribution in [2.45, 2.75) is 38.0 Å². The largest absolute Gasteiger partial charge is 0.493 e. The summed E-state index contributed by atoms with van der Waals surface area (Å²) >= 11 is 1.69. The molecule has 1 aromatic rings. The zero-order valence-corrected chi connectivity index (χ0v) is 12.0. The van der Waals surface area contributed by atoms with E-state index in [1.54, 1.807) is 11.8 Å². The molecule has 3 nitrogen and oxygen atoms in total. The molecule has 0 unspecified atom stereocenters. The van der Waals surface area contributed by atoms with Crippen molar-refractivity contribution >= 4 is 17.6 Å². The van der Waals surface area contributed by atoms with Crippen molar-refractivity contribution in [2.24, 2.45) is 5.73 Å². The highest BCUT2D eigenvalue weighted by atomic mass is 32.2. The second-order valence-electron chi connectivity index (χ2n) is 4.03. The van der Waals surface area contributed by atoms with E-state index < -0.39 is 0 Å². The van der Waals surface area contributed by atoms with Crippen LogP contribution >= 0.6 is 11.8 Å². The molecule has 0 aliphatic heterocycles. The van der Waals surface area contributed by atoms with E-state index >= 15 is 0 Å². The number of hydrogen-bond donors (Lipinski definition) is 2. The molecular weight excluding hydrogens is 244 g/mol. The Kier molecular flexibility index (Phi) is 6.65. The van der Waals surface area contributed by atoms with E-state index in [4.69, 9.17) is 15.9 Å². The topological polar surface area (TPSA) is 59.1 Å². The lowest BCUT2D eigenvalue weighted by atomic mass is 10.2. The number of nitrogens with one attached hydrogen (secondary N) is 1. The van der Waals surface area contributed by atoms with Crippen LogP contribution in [0.15, 0.2) is 23.1 Å². The van der Waals surface area contributed by atoms with Gasteiger partial charge in [0.2, 0.25) is 0 Å². The van der Waals surface area contributed by atoms with E-state index in [0.717, 1.165) is 28.4 Å². The van der Waals surface area contributed by atoms with Crippen molar-refractivity contribution in [3.63, 3.8) is 0 Å². The van der Waals surface area contributed by atoms with Gasteiger partial charge < -0.3 is 10.5 Å². The van der Waals surface area contributed by atoms with E-state index in [1.165, 1.54) is 12.8 Å². The molecule has 0 aliphatic rings. The summed E-state index contributed by atoms with van der Waals surface area (Å²) in [5.74, 6) is 1.77. The minimum Gasteiger partial charge on any atom is -0.493 e. The van der Waals surface area contributed by atoms with Crippen molar-refractivity contribution in [2.75, 3.05) is 12.4 Å². The number of rotatable bonds is 8. The molecule has 0 radical (unpaired) electrons. The fraction of sp³-hybridized carbons (Fsp3) is 0.500. The summed E-state index contributed by atoms with van der Waals surface area (Å²) in [6.45, 7) is 4.94. The molecule has 0 atom stereocenters. The summed E-state index contributed by atoms with van der Waals surface area (Å²) in [5, 5.41) is 7.70. The molecule has 0 fully saturated rings. The van der Waals surface area contributed by atoms with Crippen LogP contribution in [0.2, 0.25) is 0 Å². The molecule has 0 amide bonds. The molecule has 0 aliphatic carbocycles. The van der Waals surface area contributed by atoms with Crippen LogP contribution in [-0.2, 0) is 0 Å². The molecule has 4 heteroatoms. The van der Waals surface area contributed by atoms with Crippen molar-refractivity contribution < 1.29 is 4.74 Å². The van der Waals surface area contributed by atoms with Crippen LogP contribution in [0.25, 0.3) is 0 Å². The number of amidine groups is 1. The third-order valence-corrected chi connectivity index (χ3v) is 3.50. The van der Waals surface area contributed by atoms with E-state index in [1.807, 2.05) is 18.2 Å². The molecule has 3 N–H and O–H groups in total. The molecule has 0 heterocycles. The van der Waals surface area contributed by atoms with Gasteiger partial charge >= 0.3 is 0 Å². The summed E-state index contributed by atoms with van der Waals surface area (Å²) in [4.78, 5) is 1.03. The summed E-state index contributed by atoms with van der Waals surface area (Å²) in [7, 11) is 0. The number of benzene rings is 1. The number of ether oxygens (including phenoxy) is 1. The van der Waals surface area contributed by atoms with Crippen LogP contribution in [0.3, 0.4) is 0 Å². The first-order valence-corrected chi connectivity index (χ1v) is 7.42. The zero-order chi connectivity index (χ0) is 13.4. The van der Waals surface area contributed by atoms with Crippen LogP contribution < -0.4 is 10.5 Å². The summed E-state index contributed by atoms with van der Waals surface area (Å²) in [6.07, 6.45) is 3.38. The third kappa shape index (κ3) is 4.26. The highest BCUT2D eigenvalue weighted by Gasteiger charge is 2.12. The first-order valence-electron chi connectivity index (χ1n) is 6.43. The average molecular weight is 266 g/mol. The normalized spacial score (nSPS) is 10.3.